The molecule has 1 aliphatic rings. The molecule has 1 aromatic heterocycles. The zero-order valence-corrected chi connectivity index (χ0v) is 13.3. The molecule has 0 radical (unpaired) electrons. The zero-order valence-electron chi connectivity index (χ0n) is 12.5. The van der Waals surface area contributed by atoms with E-state index in [2.05, 4.69) is 41.5 Å². The van der Waals surface area contributed by atoms with Gasteiger partial charge in [0.15, 0.2) is 11.1 Å². The Hall–Kier alpha value is -1.46. The van der Waals surface area contributed by atoms with Crippen LogP contribution in [0.5, 0.6) is 5.75 Å². The van der Waals surface area contributed by atoms with E-state index in [1.165, 1.54) is 5.56 Å². The molecule has 1 aliphatic heterocycles. The van der Waals surface area contributed by atoms with E-state index in [1.807, 2.05) is 12.1 Å². The minimum Gasteiger partial charge on any atom is -0.483 e. The third-order valence-corrected chi connectivity index (χ3v) is 4.85. The molecule has 3 rings (SSSR count). The number of para-hydroxylation sites is 1. The quantitative estimate of drug-likeness (QED) is 0.884. The monoisotopic (exact) mass is 303 g/mol. The molecule has 0 saturated heterocycles. The Morgan fingerprint density at radius 2 is 2.19 bits per heavy atom. The maximum absolute atomic E-state index is 5.99. The van der Waals surface area contributed by atoms with Crippen molar-refractivity contribution < 1.29 is 4.74 Å². The van der Waals surface area contributed by atoms with Gasteiger partial charge in [0.1, 0.15) is 10.8 Å². The maximum Gasteiger partial charge on any atom is 0.158 e. The summed E-state index contributed by atoms with van der Waals surface area (Å²) in [4.78, 5) is 0. The molecule has 0 amide bonds. The molecular formula is C16H21N3OS. The van der Waals surface area contributed by atoms with Crippen LogP contribution in [-0.2, 0) is 6.42 Å². The SMILES string of the molecule is CCCNC(CC)c1nnc(C2Cc3ccccc3O2)s1. The number of benzene rings is 1. The van der Waals surface area contributed by atoms with Crippen molar-refractivity contribution in [3.8, 4) is 5.75 Å². The first-order chi connectivity index (χ1) is 10.3. The summed E-state index contributed by atoms with van der Waals surface area (Å²) in [6.07, 6.45) is 3.07. The highest BCUT2D eigenvalue weighted by atomic mass is 32.1. The third-order valence-electron chi connectivity index (χ3n) is 3.73. The smallest absolute Gasteiger partial charge is 0.158 e. The van der Waals surface area contributed by atoms with Crippen LogP contribution in [0.3, 0.4) is 0 Å². The van der Waals surface area contributed by atoms with Crippen LogP contribution < -0.4 is 10.1 Å². The molecule has 0 fully saturated rings. The summed E-state index contributed by atoms with van der Waals surface area (Å²) in [6, 6.07) is 8.51. The minimum absolute atomic E-state index is 0.0253. The van der Waals surface area contributed by atoms with E-state index in [0.29, 0.717) is 6.04 Å². The van der Waals surface area contributed by atoms with Gasteiger partial charge in [-0.05, 0) is 31.0 Å². The normalized spacial score (nSPS) is 18.3. The fourth-order valence-corrected chi connectivity index (χ4v) is 3.59. The van der Waals surface area contributed by atoms with Gasteiger partial charge in [-0.2, -0.15) is 0 Å². The molecule has 0 spiro atoms. The number of ether oxygens (including phenoxy) is 1. The molecular weight excluding hydrogens is 282 g/mol. The van der Waals surface area contributed by atoms with Crippen molar-refractivity contribution in [2.45, 2.75) is 45.3 Å². The lowest BCUT2D eigenvalue weighted by molar-refractivity contribution is 0.237. The predicted octanol–water partition coefficient (Wildman–Crippen LogP) is 3.67. The van der Waals surface area contributed by atoms with Crippen molar-refractivity contribution in [2.75, 3.05) is 6.54 Å². The van der Waals surface area contributed by atoms with Gasteiger partial charge in [-0.1, -0.05) is 43.4 Å². The summed E-state index contributed by atoms with van der Waals surface area (Å²) in [5, 5.41) is 14.3. The molecule has 1 N–H and O–H groups in total. The van der Waals surface area contributed by atoms with Crippen LogP contribution in [0.25, 0.3) is 0 Å². The van der Waals surface area contributed by atoms with Crippen molar-refractivity contribution in [3.63, 3.8) is 0 Å². The summed E-state index contributed by atoms with van der Waals surface area (Å²) in [5.41, 5.74) is 1.26. The summed E-state index contributed by atoms with van der Waals surface area (Å²) in [5.74, 6) is 0.982. The van der Waals surface area contributed by atoms with Gasteiger partial charge in [0.2, 0.25) is 0 Å². The average molecular weight is 303 g/mol. The molecule has 2 unspecified atom stereocenters. The van der Waals surface area contributed by atoms with Crippen molar-refractivity contribution in [3.05, 3.63) is 39.8 Å². The number of aromatic nitrogens is 2. The summed E-state index contributed by atoms with van der Waals surface area (Å²) in [7, 11) is 0. The lowest BCUT2D eigenvalue weighted by atomic mass is 10.1. The summed E-state index contributed by atoms with van der Waals surface area (Å²) < 4.78 is 5.99. The molecule has 0 saturated carbocycles. The lowest BCUT2D eigenvalue weighted by Gasteiger charge is -2.12. The van der Waals surface area contributed by atoms with Crippen LogP contribution in [0, 0.1) is 0 Å². The van der Waals surface area contributed by atoms with Crippen LogP contribution in [0.2, 0.25) is 0 Å². The molecule has 2 aromatic rings. The molecule has 2 atom stereocenters. The highest BCUT2D eigenvalue weighted by molar-refractivity contribution is 7.11. The van der Waals surface area contributed by atoms with Gasteiger partial charge in [0.25, 0.3) is 0 Å². The maximum atomic E-state index is 5.99. The number of nitrogens with zero attached hydrogens (tertiary/aromatic N) is 2. The number of rotatable bonds is 6. The molecule has 0 aliphatic carbocycles. The first-order valence-electron chi connectivity index (χ1n) is 7.63. The second kappa shape index (κ2) is 6.54. The second-order valence-corrected chi connectivity index (χ2v) is 6.35. The van der Waals surface area contributed by atoms with Crippen molar-refractivity contribution in [1.82, 2.24) is 15.5 Å². The number of hydrogen-bond donors (Lipinski definition) is 1. The van der Waals surface area contributed by atoms with Gasteiger partial charge in [0.05, 0.1) is 6.04 Å². The van der Waals surface area contributed by atoms with Crippen LogP contribution in [0.15, 0.2) is 24.3 Å². The molecule has 112 valence electrons. The molecule has 4 nitrogen and oxygen atoms in total. The topological polar surface area (TPSA) is 47.0 Å². The summed E-state index contributed by atoms with van der Waals surface area (Å²) in [6.45, 7) is 5.37. The average Bonchev–Trinajstić information content (AvgIpc) is 3.14. The summed E-state index contributed by atoms with van der Waals surface area (Å²) >= 11 is 1.67. The highest BCUT2D eigenvalue weighted by Gasteiger charge is 2.28. The Labute approximate surface area is 129 Å². The molecule has 2 heterocycles. The number of fused-ring (bicyclic) bond motifs is 1. The zero-order chi connectivity index (χ0) is 14.7. The number of nitrogens with one attached hydrogen (secondary N) is 1. The van der Waals surface area contributed by atoms with E-state index in [-0.39, 0.29) is 6.10 Å². The van der Waals surface area contributed by atoms with E-state index in [4.69, 9.17) is 4.74 Å². The van der Waals surface area contributed by atoms with Crippen LogP contribution >= 0.6 is 11.3 Å². The van der Waals surface area contributed by atoms with Gasteiger partial charge in [0, 0.05) is 6.42 Å². The first kappa shape index (κ1) is 14.5. The van der Waals surface area contributed by atoms with Crippen LogP contribution in [-0.4, -0.2) is 16.7 Å². The van der Waals surface area contributed by atoms with Crippen LogP contribution in [0.4, 0.5) is 0 Å². The predicted molar refractivity (Wildman–Crippen MR) is 84.7 cm³/mol. The van der Waals surface area contributed by atoms with Gasteiger partial charge in [-0.15, -0.1) is 10.2 Å². The first-order valence-corrected chi connectivity index (χ1v) is 8.44. The Kier molecular flexibility index (Phi) is 4.51. The van der Waals surface area contributed by atoms with E-state index >= 15 is 0 Å². The highest BCUT2D eigenvalue weighted by Crippen LogP contribution is 2.37. The number of hydrogen-bond acceptors (Lipinski definition) is 5. The van der Waals surface area contributed by atoms with Crippen LogP contribution in [0.1, 0.15) is 54.4 Å². The Bertz CT molecular complexity index is 574. The van der Waals surface area contributed by atoms with E-state index in [9.17, 15) is 0 Å². The molecule has 0 bridgehead atoms. The largest absolute Gasteiger partial charge is 0.483 e. The second-order valence-electron chi connectivity index (χ2n) is 5.31. The fraction of sp³-hybridized carbons (Fsp3) is 0.500. The fourth-order valence-electron chi connectivity index (χ4n) is 2.56. The van der Waals surface area contributed by atoms with Gasteiger partial charge in [-0.25, -0.2) is 0 Å². The van der Waals surface area contributed by atoms with Gasteiger partial charge < -0.3 is 10.1 Å². The lowest BCUT2D eigenvalue weighted by Crippen LogP contribution is -2.21. The Morgan fingerprint density at radius 1 is 1.33 bits per heavy atom. The Morgan fingerprint density at radius 3 is 2.95 bits per heavy atom. The van der Waals surface area contributed by atoms with Crippen molar-refractivity contribution >= 4 is 11.3 Å². The van der Waals surface area contributed by atoms with E-state index in [1.54, 1.807) is 11.3 Å². The van der Waals surface area contributed by atoms with E-state index in [0.717, 1.165) is 41.6 Å². The third kappa shape index (κ3) is 3.09. The van der Waals surface area contributed by atoms with E-state index < -0.39 is 0 Å². The van der Waals surface area contributed by atoms with Gasteiger partial charge in [-0.3, -0.25) is 0 Å². The minimum atomic E-state index is 0.0253. The standard InChI is InChI=1S/C16H21N3OS/c1-3-9-17-12(4-2)15-18-19-16(21-15)14-10-11-7-5-6-8-13(11)20-14/h5-8,12,14,17H,3-4,9-10H2,1-2H3. The van der Waals surface area contributed by atoms with Crippen molar-refractivity contribution in [2.24, 2.45) is 0 Å². The Balaban J connectivity index is 1.71. The molecule has 5 heteroatoms. The van der Waals surface area contributed by atoms with Crippen molar-refractivity contribution in [1.29, 1.82) is 0 Å². The van der Waals surface area contributed by atoms with Gasteiger partial charge >= 0.3 is 0 Å². The molecule has 21 heavy (non-hydrogen) atoms. The molecule has 1 aromatic carbocycles.